The van der Waals surface area contributed by atoms with Gasteiger partial charge in [-0.15, -0.1) is 0 Å². The van der Waals surface area contributed by atoms with E-state index in [1.54, 1.807) is 54.6 Å². The van der Waals surface area contributed by atoms with Gasteiger partial charge in [0.25, 0.3) is 0 Å². The Hall–Kier alpha value is -3.14. The third-order valence-electron chi connectivity index (χ3n) is 3.32. The Balaban J connectivity index is 2.18. The smallest absolute Gasteiger partial charge is 0.339 e. The maximum Gasteiger partial charge on any atom is 0.339 e. The zero-order valence-corrected chi connectivity index (χ0v) is 11.5. The van der Waals surface area contributed by atoms with Crippen molar-refractivity contribution >= 4 is 11.8 Å². The van der Waals surface area contributed by atoms with Crippen molar-refractivity contribution in [3.63, 3.8) is 0 Å². The second kappa shape index (κ2) is 5.69. The molecule has 0 radical (unpaired) electrons. The van der Waals surface area contributed by atoms with E-state index < -0.39 is 5.97 Å². The molecular weight excluding hydrogens is 280 g/mol. The lowest BCUT2D eigenvalue weighted by Gasteiger charge is -2.04. The Kier molecular flexibility index (Phi) is 3.58. The summed E-state index contributed by atoms with van der Waals surface area (Å²) in [6.07, 6.45) is 1.11. The number of hydrogen-bond acceptors (Lipinski definition) is 3. The van der Waals surface area contributed by atoms with Crippen LogP contribution < -0.4 is 0 Å². The van der Waals surface area contributed by atoms with Gasteiger partial charge >= 0.3 is 5.97 Å². The van der Waals surface area contributed by atoms with E-state index in [9.17, 15) is 14.7 Å². The predicted molar refractivity (Wildman–Crippen MR) is 81.0 cm³/mol. The summed E-state index contributed by atoms with van der Waals surface area (Å²) in [6, 6.07) is 17.5. The number of carbonyl (C=O) groups excluding carboxylic acids is 1. The monoisotopic (exact) mass is 292 g/mol. The van der Waals surface area contributed by atoms with Crippen LogP contribution >= 0.6 is 0 Å². The molecule has 0 saturated heterocycles. The second-order valence-electron chi connectivity index (χ2n) is 4.72. The van der Waals surface area contributed by atoms with Gasteiger partial charge in [0.05, 0.1) is 5.56 Å². The Morgan fingerprint density at radius 2 is 1.45 bits per heavy atom. The molecule has 108 valence electrons. The maximum absolute atomic E-state index is 12.7. The molecule has 0 bridgehead atoms. The van der Waals surface area contributed by atoms with Gasteiger partial charge in [0, 0.05) is 11.1 Å². The van der Waals surface area contributed by atoms with Gasteiger partial charge < -0.3 is 9.52 Å². The average molecular weight is 292 g/mol. The van der Waals surface area contributed by atoms with Crippen LogP contribution in [0.15, 0.2) is 71.3 Å². The van der Waals surface area contributed by atoms with Crippen LogP contribution in [0.1, 0.15) is 26.3 Å². The summed E-state index contributed by atoms with van der Waals surface area (Å²) in [5.74, 6) is -1.29. The number of ketones is 1. The highest BCUT2D eigenvalue weighted by atomic mass is 16.4. The minimum absolute atomic E-state index is 0.0740. The molecule has 0 spiro atoms. The number of hydrogen-bond donors (Lipinski definition) is 1. The van der Waals surface area contributed by atoms with Gasteiger partial charge in [0.15, 0.2) is 5.78 Å². The predicted octanol–water partition coefficient (Wildman–Crippen LogP) is 3.88. The van der Waals surface area contributed by atoms with Gasteiger partial charge in [-0.25, -0.2) is 4.79 Å². The number of carboxylic acid groups (broad SMARTS) is 1. The molecule has 0 unspecified atom stereocenters. The Morgan fingerprint density at radius 3 is 2.05 bits per heavy atom. The van der Waals surface area contributed by atoms with Gasteiger partial charge in [0.2, 0.25) is 0 Å². The minimum Gasteiger partial charge on any atom is -0.478 e. The van der Waals surface area contributed by atoms with E-state index in [-0.39, 0.29) is 22.7 Å². The number of benzene rings is 2. The summed E-state index contributed by atoms with van der Waals surface area (Å²) in [4.78, 5) is 24.1. The van der Waals surface area contributed by atoms with Crippen LogP contribution in [0.25, 0.3) is 11.3 Å². The quantitative estimate of drug-likeness (QED) is 0.741. The first-order valence-electron chi connectivity index (χ1n) is 6.68. The summed E-state index contributed by atoms with van der Waals surface area (Å²) in [5.41, 5.74) is 1.02. The standard InChI is InChI=1S/C18H12O4/c19-16(12-7-3-1-4-8-12)15-14(18(20)21)11-22-17(15)13-9-5-2-6-10-13/h1-11H,(H,20,21). The third kappa shape index (κ3) is 2.42. The summed E-state index contributed by atoms with van der Waals surface area (Å²) in [7, 11) is 0. The first kappa shape index (κ1) is 13.8. The van der Waals surface area contributed by atoms with Gasteiger partial charge in [-0.1, -0.05) is 60.7 Å². The molecular formula is C18H12O4. The van der Waals surface area contributed by atoms with Crippen molar-refractivity contribution in [2.24, 2.45) is 0 Å². The highest BCUT2D eigenvalue weighted by molar-refractivity contribution is 6.17. The van der Waals surface area contributed by atoms with Crippen molar-refractivity contribution in [3.05, 3.63) is 83.6 Å². The summed E-state index contributed by atoms with van der Waals surface area (Å²) in [5, 5.41) is 9.31. The third-order valence-corrected chi connectivity index (χ3v) is 3.32. The van der Waals surface area contributed by atoms with Crippen molar-refractivity contribution < 1.29 is 19.1 Å². The van der Waals surface area contributed by atoms with Gasteiger partial charge in [0.1, 0.15) is 17.6 Å². The molecule has 0 saturated carbocycles. The fraction of sp³-hybridized carbons (Fsp3) is 0. The van der Waals surface area contributed by atoms with E-state index in [0.717, 1.165) is 6.26 Å². The van der Waals surface area contributed by atoms with E-state index >= 15 is 0 Å². The lowest BCUT2D eigenvalue weighted by molar-refractivity contribution is 0.0692. The fourth-order valence-corrected chi connectivity index (χ4v) is 2.28. The van der Waals surface area contributed by atoms with Crippen LogP contribution in [0.2, 0.25) is 0 Å². The van der Waals surface area contributed by atoms with Crippen molar-refractivity contribution in [1.82, 2.24) is 0 Å². The molecule has 3 rings (SSSR count). The summed E-state index contributed by atoms with van der Waals surface area (Å²) < 4.78 is 5.38. The Morgan fingerprint density at radius 1 is 0.864 bits per heavy atom. The van der Waals surface area contributed by atoms with Crippen LogP contribution in [0.4, 0.5) is 0 Å². The lowest BCUT2D eigenvalue weighted by Crippen LogP contribution is -2.08. The lowest BCUT2D eigenvalue weighted by atomic mass is 9.97. The number of rotatable bonds is 4. The molecule has 0 aliphatic heterocycles. The number of aromatic carboxylic acids is 1. The van der Waals surface area contributed by atoms with E-state index in [0.29, 0.717) is 11.1 Å². The Bertz CT molecular complexity index is 817. The van der Waals surface area contributed by atoms with Crippen LogP contribution in [0, 0.1) is 0 Å². The molecule has 0 amide bonds. The van der Waals surface area contributed by atoms with Gasteiger partial charge in [-0.3, -0.25) is 4.79 Å². The molecule has 2 aromatic carbocycles. The molecule has 0 aliphatic rings. The molecule has 1 heterocycles. The highest BCUT2D eigenvalue weighted by Gasteiger charge is 2.26. The molecule has 1 aromatic heterocycles. The minimum atomic E-state index is -1.19. The van der Waals surface area contributed by atoms with E-state index in [1.165, 1.54) is 0 Å². The molecule has 0 fully saturated rings. The van der Waals surface area contributed by atoms with Crippen molar-refractivity contribution in [3.8, 4) is 11.3 Å². The maximum atomic E-state index is 12.7. The van der Waals surface area contributed by atoms with E-state index in [2.05, 4.69) is 0 Å². The molecule has 22 heavy (non-hydrogen) atoms. The first-order chi connectivity index (χ1) is 10.7. The molecule has 4 heteroatoms. The molecule has 4 nitrogen and oxygen atoms in total. The molecule has 0 aliphatic carbocycles. The highest BCUT2D eigenvalue weighted by Crippen LogP contribution is 2.30. The zero-order valence-electron chi connectivity index (χ0n) is 11.5. The molecule has 3 aromatic rings. The fourth-order valence-electron chi connectivity index (χ4n) is 2.28. The van der Waals surface area contributed by atoms with Crippen molar-refractivity contribution in [2.75, 3.05) is 0 Å². The van der Waals surface area contributed by atoms with Crippen molar-refractivity contribution in [2.45, 2.75) is 0 Å². The topological polar surface area (TPSA) is 67.5 Å². The van der Waals surface area contributed by atoms with Crippen LogP contribution in [0.3, 0.4) is 0 Å². The SMILES string of the molecule is O=C(O)c1coc(-c2ccccc2)c1C(=O)c1ccccc1. The normalized spacial score (nSPS) is 10.4. The summed E-state index contributed by atoms with van der Waals surface area (Å²) >= 11 is 0. The first-order valence-corrected chi connectivity index (χ1v) is 6.68. The van der Waals surface area contributed by atoms with Gasteiger partial charge in [-0.2, -0.15) is 0 Å². The van der Waals surface area contributed by atoms with Crippen LogP contribution in [0.5, 0.6) is 0 Å². The molecule has 0 atom stereocenters. The number of furan rings is 1. The second-order valence-corrected chi connectivity index (χ2v) is 4.72. The number of carbonyl (C=O) groups is 2. The van der Waals surface area contributed by atoms with E-state index in [1.807, 2.05) is 6.07 Å². The van der Waals surface area contributed by atoms with Crippen molar-refractivity contribution in [1.29, 1.82) is 0 Å². The van der Waals surface area contributed by atoms with Gasteiger partial charge in [-0.05, 0) is 0 Å². The zero-order chi connectivity index (χ0) is 15.5. The van der Waals surface area contributed by atoms with E-state index in [4.69, 9.17) is 4.42 Å². The largest absolute Gasteiger partial charge is 0.478 e. The average Bonchev–Trinajstić information content (AvgIpc) is 3.01. The Labute approximate surface area is 126 Å². The number of carboxylic acids is 1. The molecule has 1 N–H and O–H groups in total. The van der Waals surface area contributed by atoms with Crippen LogP contribution in [-0.4, -0.2) is 16.9 Å². The summed E-state index contributed by atoms with van der Waals surface area (Å²) in [6.45, 7) is 0. The van der Waals surface area contributed by atoms with Crippen LogP contribution in [-0.2, 0) is 0 Å².